The summed E-state index contributed by atoms with van der Waals surface area (Å²) in [6.07, 6.45) is 1.89. The van der Waals surface area contributed by atoms with Crippen molar-refractivity contribution in [3.8, 4) is 11.1 Å². The summed E-state index contributed by atoms with van der Waals surface area (Å²) in [6.45, 7) is 0. The molecule has 4 rings (SSSR count). The Morgan fingerprint density at radius 3 is 2.44 bits per heavy atom. The Labute approximate surface area is 196 Å². The standard InChI is InChI=1S/C24H22FN5O3S/c25-19-9-6-17(7-10-19)18-8-12-22(26)23(14-18)27-24(31)13-11-20-15-30(29-28-20)16-34(32,33)21-4-2-1-3-5-21/h1-10,12,14-15H,11,13,16,26H2,(H,27,31). The van der Waals surface area contributed by atoms with Crippen LogP contribution >= 0.6 is 0 Å². The normalized spacial score (nSPS) is 11.3. The first-order chi connectivity index (χ1) is 16.3. The molecule has 0 fully saturated rings. The van der Waals surface area contributed by atoms with Crippen LogP contribution in [0.25, 0.3) is 11.1 Å². The predicted octanol–water partition coefficient (Wildman–Crippen LogP) is 3.67. The van der Waals surface area contributed by atoms with Crippen molar-refractivity contribution in [2.24, 2.45) is 0 Å². The van der Waals surface area contributed by atoms with E-state index in [4.69, 9.17) is 5.73 Å². The molecule has 0 aliphatic heterocycles. The third kappa shape index (κ3) is 5.65. The van der Waals surface area contributed by atoms with Crippen LogP contribution in [0.4, 0.5) is 15.8 Å². The molecule has 174 valence electrons. The van der Waals surface area contributed by atoms with E-state index < -0.39 is 9.84 Å². The topological polar surface area (TPSA) is 120 Å². The number of carbonyl (C=O) groups excluding carboxylic acids is 1. The van der Waals surface area contributed by atoms with Gasteiger partial charge in [-0.1, -0.05) is 41.6 Å². The number of hydrogen-bond donors (Lipinski definition) is 2. The van der Waals surface area contributed by atoms with Crippen molar-refractivity contribution in [3.05, 3.63) is 90.5 Å². The summed E-state index contributed by atoms with van der Waals surface area (Å²) in [4.78, 5) is 12.7. The average molecular weight is 480 g/mol. The molecule has 8 nitrogen and oxygen atoms in total. The van der Waals surface area contributed by atoms with Crippen LogP contribution in [0.2, 0.25) is 0 Å². The minimum absolute atomic E-state index is 0.102. The van der Waals surface area contributed by atoms with E-state index in [-0.39, 0.29) is 35.3 Å². The molecule has 0 bridgehead atoms. The quantitative estimate of drug-likeness (QED) is 0.372. The number of nitrogens with zero attached hydrogens (tertiary/aromatic N) is 3. The summed E-state index contributed by atoms with van der Waals surface area (Å²) >= 11 is 0. The van der Waals surface area contributed by atoms with Gasteiger partial charge in [-0.2, -0.15) is 0 Å². The number of hydrogen-bond acceptors (Lipinski definition) is 6. The molecule has 0 aliphatic carbocycles. The highest BCUT2D eigenvalue weighted by Crippen LogP contribution is 2.27. The van der Waals surface area contributed by atoms with E-state index in [0.717, 1.165) is 11.1 Å². The highest BCUT2D eigenvalue weighted by molar-refractivity contribution is 7.90. The molecule has 1 amide bonds. The van der Waals surface area contributed by atoms with Gasteiger partial charge in [0.1, 0.15) is 11.7 Å². The minimum Gasteiger partial charge on any atom is -0.397 e. The molecule has 0 radical (unpaired) electrons. The number of nitrogen functional groups attached to an aromatic ring is 1. The Balaban J connectivity index is 1.36. The van der Waals surface area contributed by atoms with Gasteiger partial charge in [-0.25, -0.2) is 17.5 Å². The third-order valence-electron chi connectivity index (χ3n) is 5.10. The van der Waals surface area contributed by atoms with Crippen molar-refractivity contribution in [2.45, 2.75) is 23.6 Å². The zero-order valence-corrected chi connectivity index (χ0v) is 18.9. The summed E-state index contributed by atoms with van der Waals surface area (Å²) < 4.78 is 39.4. The number of benzene rings is 3. The Kier molecular flexibility index (Phi) is 6.69. The molecule has 34 heavy (non-hydrogen) atoms. The van der Waals surface area contributed by atoms with Gasteiger partial charge in [0.2, 0.25) is 5.91 Å². The van der Waals surface area contributed by atoms with Crippen molar-refractivity contribution in [2.75, 3.05) is 11.1 Å². The first kappa shape index (κ1) is 23.1. The summed E-state index contributed by atoms with van der Waals surface area (Å²) in [5.41, 5.74) is 8.91. The lowest BCUT2D eigenvalue weighted by molar-refractivity contribution is -0.116. The van der Waals surface area contributed by atoms with E-state index in [0.29, 0.717) is 17.1 Å². The molecule has 0 aliphatic rings. The lowest BCUT2D eigenvalue weighted by atomic mass is 10.0. The van der Waals surface area contributed by atoms with Gasteiger partial charge in [0, 0.05) is 19.0 Å². The van der Waals surface area contributed by atoms with Crippen LogP contribution in [0.1, 0.15) is 12.1 Å². The van der Waals surface area contributed by atoms with Gasteiger partial charge < -0.3 is 11.1 Å². The fourth-order valence-electron chi connectivity index (χ4n) is 3.33. The molecule has 1 heterocycles. The molecule has 3 N–H and O–H groups in total. The van der Waals surface area contributed by atoms with Gasteiger partial charge in [0.15, 0.2) is 9.84 Å². The third-order valence-corrected chi connectivity index (χ3v) is 6.70. The molecule has 4 aromatic rings. The van der Waals surface area contributed by atoms with Gasteiger partial charge in [-0.15, -0.1) is 5.10 Å². The van der Waals surface area contributed by atoms with Crippen molar-refractivity contribution in [1.82, 2.24) is 15.0 Å². The van der Waals surface area contributed by atoms with Gasteiger partial charge in [0.05, 0.1) is 22.0 Å². The van der Waals surface area contributed by atoms with Crippen molar-refractivity contribution >= 4 is 27.1 Å². The number of rotatable bonds is 8. The number of nitrogens with two attached hydrogens (primary N) is 1. The lowest BCUT2D eigenvalue weighted by Gasteiger charge is -2.10. The van der Waals surface area contributed by atoms with Gasteiger partial charge in [-0.05, 0) is 47.5 Å². The first-order valence-corrected chi connectivity index (χ1v) is 12.1. The van der Waals surface area contributed by atoms with E-state index in [9.17, 15) is 17.6 Å². The van der Waals surface area contributed by atoms with Gasteiger partial charge >= 0.3 is 0 Å². The first-order valence-electron chi connectivity index (χ1n) is 10.4. The summed E-state index contributed by atoms with van der Waals surface area (Å²) in [5.74, 6) is -0.958. The molecule has 3 aromatic carbocycles. The van der Waals surface area contributed by atoms with E-state index in [1.165, 1.54) is 35.1 Å². The number of amides is 1. The highest BCUT2D eigenvalue weighted by Gasteiger charge is 2.16. The maximum absolute atomic E-state index is 13.2. The van der Waals surface area contributed by atoms with Crippen molar-refractivity contribution in [3.63, 3.8) is 0 Å². The Morgan fingerprint density at radius 1 is 1.00 bits per heavy atom. The van der Waals surface area contributed by atoms with E-state index in [1.54, 1.807) is 48.5 Å². The van der Waals surface area contributed by atoms with Crippen LogP contribution in [0.5, 0.6) is 0 Å². The SMILES string of the molecule is Nc1ccc(-c2ccc(F)cc2)cc1NC(=O)CCc1cn(CS(=O)(=O)c2ccccc2)nn1. The monoisotopic (exact) mass is 479 g/mol. The lowest BCUT2D eigenvalue weighted by Crippen LogP contribution is -2.14. The maximum Gasteiger partial charge on any atom is 0.224 e. The highest BCUT2D eigenvalue weighted by atomic mass is 32.2. The van der Waals surface area contributed by atoms with Gasteiger partial charge in [-0.3, -0.25) is 4.79 Å². The number of halogens is 1. The van der Waals surface area contributed by atoms with Crippen LogP contribution in [0, 0.1) is 5.82 Å². The zero-order chi connectivity index (χ0) is 24.1. The van der Waals surface area contributed by atoms with Crippen molar-refractivity contribution in [1.29, 1.82) is 0 Å². The predicted molar refractivity (Wildman–Crippen MR) is 127 cm³/mol. The summed E-state index contributed by atoms with van der Waals surface area (Å²) in [5, 5.41) is 10.6. The number of nitrogens with one attached hydrogen (secondary N) is 1. The Bertz CT molecular complexity index is 1400. The molecular formula is C24H22FN5O3S. The number of anilines is 2. The minimum atomic E-state index is -3.56. The van der Waals surface area contributed by atoms with Crippen molar-refractivity contribution < 1.29 is 17.6 Å². The van der Waals surface area contributed by atoms with Gasteiger partial charge in [0.25, 0.3) is 0 Å². The second kappa shape index (κ2) is 9.84. The van der Waals surface area contributed by atoms with Crippen LogP contribution in [-0.2, 0) is 26.9 Å². The van der Waals surface area contributed by atoms with Crippen LogP contribution in [0.15, 0.2) is 83.9 Å². The number of aryl methyl sites for hydroxylation is 1. The molecular weight excluding hydrogens is 457 g/mol. The Hall–Kier alpha value is -4.05. The molecule has 0 unspecified atom stereocenters. The molecule has 1 aromatic heterocycles. The largest absolute Gasteiger partial charge is 0.397 e. The van der Waals surface area contributed by atoms with E-state index in [2.05, 4.69) is 15.6 Å². The van der Waals surface area contributed by atoms with E-state index >= 15 is 0 Å². The second-order valence-corrected chi connectivity index (χ2v) is 9.62. The fourth-order valence-corrected chi connectivity index (χ4v) is 4.53. The number of sulfone groups is 1. The average Bonchev–Trinajstić information content (AvgIpc) is 3.27. The van der Waals surface area contributed by atoms with Crippen LogP contribution < -0.4 is 11.1 Å². The summed E-state index contributed by atoms with van der Waals surface area (Å²) in [7, 11) is -3.56. The summed E-state index contributed by atoms with van der Waals surface area (Å²) in [6, 6.07) is 19.3. The molecule has 10 heteroatoms. The zero-order valence-electron chi connectivity index (χ0n) is 18.1. The Morgan fingerprint density at radius 2 is 1.71 bits per heavy atom. The second-order valence-electron chi connectivity index (χ2n) is 7.66. The fraction of sp³-hybridized carbons (Fsp3) is 0.125. The van der Waals surface area contributed by atoms with E-state index in [1.807, 2.05) is 0 Å². The molecule has 0 saturated carbocycles. The number of aromatic nitrogens is 3. The smallest absolute Gasteiger partial charge is 0.224 e. The van der Waals surface area contributed by atoms with Crippen LogP contribution in [-0.4, -0.2) is 29.3 Å². The molecule has 0 spiro atoms. The van der Waals surface area contributed by atoms with Crippen LogP contribution in [0.3, 0.4) is 0 Å². The number of carbonyl (C=O) groups is 1. The maximum atomic E-state index is 13.2. The molecule has 0 saturated heterocycles. The molecule has 0 atom stereocenters.